The predicted molar refractivity (Wildman–Crippen MR) is 77.6 cm³/mol. The Morgan fingerprint density at radius 2 is 2.10 bits per heavy atom. The fourth-order valence-corrected chi connectivity index (χ4v) is 2.44. The number of nitrogens with zero attached hydrogens (tertiary/aromatic N) is 4. The van der Waals surface area contributed by atoms with Gasteiger partial charge in [0.05, 0.1) is 5.54 Å². The van der Waals surface area contributed by atoms with E-state index in [1.54, 1.807) is 0 Å². The largest absolute Gasteiger partial charge is 0.332 e. The highest BCUT2D eigenvalue weighted by atomic mass is 35.5. The highest BCUT2D eigenvalue weighted by Gasteiger charge is 2.39. The van der Waals surface area contributed by atoms with Gasteiger partial charge in [0.1, 0.15) is 0 Å². The van der Waals surface area contributed by atoms with Crippen LogP contribution in [-0.2, 0) is 12.6 Å². The quantitative estimate of drug-likeness (QED) is 0.940. The van der Waals surface area contributed by atoms with Crippen molar-refractivity contribution in [3.63, 3.8) is 0 Å². The Kier molecular flexibility index (Phi) is 3.88. The summed E-state index contributed by atoms with van der Waals surface area (Å²) in [5, 5.41) is 8.43. The van der Waals surface area contributed by atoms with Gasteiger partial charge < -0.3 is 10.3 Å². The molecule has 1 saturated carbocycles. The Hall–Kier alpha value is -1.40. The van der Waals surface area contributed by atoms with E-state index in [4.69, 9.17) is 10.3 Å². The molecule has 20 heavy (non-hydrogen) atoms. The molecule has 0 unspecified atom stereocenters. The molecule has 2 aromatic rings. The van der Waals surface area contributed by atoms with E-state index in [0.29, 0.717) is 23.3 Å². The summed E-state index contributed by atoms with van der Waals surface area (Å²) in [6.07, 6.45) is 2.97. The van der Waals surface area contributed by atoms with Crippen molar-refractivity contribution in [3.8, 4) is 11.6 Å². The predicted octanol–water partition coefficient (Wildman–Crippen LogP) is 2.35. The van der Waals surface area contributed by atoms with Crippen LogP contribution in [0.25, 0.3) is 11.6 Å². The van der Waals surface area contributed by atoms with Gasteiger partial charge in [-0.1, -0.05) is 19.0 Å². The Morgan fingerprint density at radius 3 is 2.60 bits per heavy atom. The summed E-state index contributed by atoms with van der Waals surface area (Å²) < 4.78 is 7.16. The molecule has 0 aliphatic heterocycles. The normalized spacial score (nSPS) is 16.9. The molecule has 0 radical (unpaired) electrons. The molecule has 2 aromatic heterocycles. The Bertz CT molecular complexity index is 600. The fourth-order valence-electron chi connectivity index (χ4n) is 2.44. The van der Waals surface area contributed by atoms with E-state index >= 15 is 0 Å². The van der Waals surface area contributed by atoms with Crippen molar-refractivity contribution in [2.24, 2.45) is 12.8 Å². The summed E-state index contributed by atoms with van der Waals surface area (Å²) in [6, 6.07) is 1.99. The minimum Gasteiger partial charge on any atom is -0.332 e. The van der Waals surface area contributed by atoms with Crippen LogP contribution in [0, 0.1) is 0 Å². The smallest absolute Gasteiger partial charge is 0.278 e. The van der Waals surface area contributed by atoms with Gasteiger partial charge in [-0.2, -0.15) is 10.1 Å². The lowest BCUT2D eigenvalue weighted by molar-refractivity contribution is 0.229. The molecule has 3 rings (SSSR count). The van der Waals surface area contributed by atoms with Gasteiger partial charge in [-0.25, -0.2) is 0 Å². The van der Waals surface area contributed by atoms with Gasteiger partial charge in [0, 0.05) is 12.7 Å². The number of halogens is 1. The van der Waals surface area contributed by atoms with Crippen LogP contribution in [0.3, 0.4) is 0 Å². The van der Waals surface area contributed by atoms with Gasteiger partial charge >= 0.3 is 0 Å². The van der Waals surface area contributed by atoms with Crippen LogP contribution in [-0.4, -0.2) is 19.9 Å². The molecule has 0 bridgehead atoms. The van der Waals surface area contributed by atoms with Crippen molar-refractivity contribution >= 4 is 12.4 Å². The second kappa shape index (κ2) is 5.18. The summed E-state index contributed by atoms with van der Waals surface area (Å²) >= 11 is 0. The van der Waals surface area contributed by atoms with E-state index < -0.39 is 5.54 Å². The minimum atomic E-state index is -0.391. The Labute approximate surface area is 124 Å². The number of rotatable bonds is 3. The van der Waals surface area contributed by atoms with Crippen LogP contribution >= 0.6 is 12.4 Å². The molecule has 1 aliphatic carbocycles. The van der Waals surface area contributed by atoms with E-state index in [1.165, 1.54) is 0 Å². The summed E-state index contributed by atoms with van der Waals surface area (Å²) in [7, 11) is 1.92. The summed E-state index contributed by atoms with van der Waals surface area (Å²) in [5.41, 5.74) is 7.65. The van der Waals surface area contributed by atoms with Crippen LogP contribution in [0.4, 0.5) is 0 Å². The molecule has 0 atom stereocenters. The van der Waals surface area contributed by atoms with Crippen LogP contribution < -0.4 is 5.73 Å². The second-order valence-electron chi connectivity index (χ2n) is 5.67. The number of aryl methyl sites for hydroxylation is 1. The van der Waals surface area contributed by atoms with Gasteiger partial charge in [0.2, 0.25) is 0 Å². The minimum absolute atomic E-state index is 0. The molecule has 1 aliphatic rings. The van der Waals surface area contributed by atoms with E-state index in [9.17, 15) is 0 Å². The Morgan fingerprint density at radius 1 is 1.40 bits per heavy atom. The first-order valence-corrected chi connectivity index (χ1v) is 6.67. The third kappa shape index (κ3) is 2.33. The highest BCUT2D eigenvalue weighted by molar-refractivity contribution is 5.85. The number of nitrogens with two attached hydrogens (primary N) is 1. The summed E-state index contributed by atoms with van der Waals surface area (Å²) in [5.74, 6) is 1.46. The first-order valence-electron chi connectivity index (χ1n) is 6.67. The Balaban J connectivity index is 0.00000147. The zero-order valence-corrected chi connectivity index (χ0v) is 12.8. The van der Waals surface area contributed by atoms with Crippen molar-refractivity contribution in [2.75, 3.05) is 0 Å². The summed E-state index contributed by atoms with van der Waals surface area (Å²) in [4.78, 5) is 4.41. The molecule has 6 nitrogen and oxygen atoms in total. The van der Waals surface area contributed by atoms with Crippen LogP contribution in [0.5, 0.6) is 0 Å². The average Bonchev–Trinajstić information content (AvgIpc) is 2.91. The monoisotopic (exact) mass is 297 g/mol. The third-order valence-electron chi connectivity index (χ3n) is 3.84. The zero-order valence-electron chi connectivity index (χ0n) is 12.0. The molecule has 0 amide bonds. The zero-order chi connectivity index (χ0) is 13.6. The maximum atomic E-state index is 6.19. The number of hydrogen-bond acceptors (Lipinski definition) is 5. The van der Waals surface area contributed by atoms with Crippen molar-refractivity contribution in [2.45, 2.75) is 44.6 Å². The maximum absolute atomic E-state index is 6.19. The van der Waals surface area contributed by atoms with Crippen molar-refractivity contribution in [1.82, 2.24) is 19.9 Å². The van der Waals surface area contributed by atoms with Gasteiger partial charge in [-0.05, 0) is 31.2 Å². The lowest BCUT2D eigenvalue weighted by Gasteiger charge is -2.34. The lowest BCUT2D eigenvalue weighted by atomic mass is 9.77. The SMILES string of the molecule is CC(C)c1cc(-c2nc(C3(N)CCC3)no2)nn1C.Cl. The van der Waals surface area contributed by atoms with Gasteiger partial charge in [-0.3, -0.25) is 4.68 Å². The standard InChI is InChI=1S/C13H19N5O.ClH/c1-8(2)10-7-9(16-18(10)3)11-15-12(17-19-11)13(14)5-4-6-13;/h7-8H,4-6,14H2,1-3H3;1H. The topological polar surface area (TPSA) is 82.8 Å². The molecular formula is C13H20ClN5O. The molecular weight excluding hydrogens is 278 g/mol. The first kappa shape index (κ1) is 15.0. The van der Waals surface area contributed by atoms with Gasteiger partial charge in [0.15, 0.2) is 11.5 Å². The highest BCUT2D eigenvalue weighted by Crippen LogP contribution is 2.37. The van der Waals surface area contributed by atoms with E-state index in [2.05, 4.69) is 29.1 Å². The van der Waals surface area contributed by atoms with E-state index in [1.807, 2.05) is 17.8 Å². The van der Waals surface area contributed by atoms with Gasteiger partial charge in [-0.15, -0.1) is 12.4 Å². The third-order valence-corrected chi connectivity index (χ3v) is 3.84. The molecule has 2 N–H and O–H groups in total. The van der Waals surface area contributed by atoms with Crippen molar-refractivity contribution in [1.29, 1.82) is 0 Å². The van der Waals surface area contributed by atoms with Gasteiger partial charge in [0.25, 0.3) is 5.89 Å². The molecule has 0 aromatic carbocycles. The molecule has 0 saturated heterocycles. The van der Waals surface area contributed by atoms with Crippen LogP contribution in [0.15, 0.2) is 10.6 Å². The van der Waals surface area contributed by atoms with Crippen molar-refractivity contribution in [3.05, 3.63) is 17.6 Å². The fraction of sp³-hybridized carbons (Fsp3) is 0.615. The van der Waals surface area contributed by atoms with E-state index in [-0.39, 0.29) is 12.4 Å². The molecule has 0 spiro atoms. The average molecular weight is 298 g/mol. The first-order chi connectivity index (χ1) is 8.99. The molecule has 1 fully saturated rings. The van der Waals surface area contributed by atoms with Crippen LogP contribution in [0.2, 0.25) is 0 Å². The molecule has 2 heterocycles. The number of aromatic nitrogens is 4. The lowest BCUT2D eigenvalue weighted by Crippen LogP contribution is -2.44. The molecule has 110 valence electrons. The molecule has 7 heteroatoms. The number of hydrogen-bond donors (Lipinski definition) is 1. The summed E-state index contributed by atoms with van der Waals surface area (Å²) in [6.45, 7) is 4.26. The van der Waals surface area contributed by atoms with E-state index in [0.717, 1.165) is 25.0 Å². The van der Waals surface area contributed by atoms with Crippen molar-refractivity contribution < 1.29 is 4.52 Å². The second-order valence-corrected chi connectivity index (χ2v) is 5.67. The van der Waals surface area contributed by atoms with Crippen LogP contribution in [0.1, 0.15) is 50.5 Å². The maximum Gasteiger partial charge on any atom is 0.278 e.